The van der Waals surface area contributed by atoms with Crippen LogP contribution in [0, 0.1) is 20.8 Å². The van der Waals surface area contributed by atoms with Crippen LogP contribution in [0.15, 0.2) is 43.4 Å². The van der Waals surface area contributed by atoms with E-state index in [2.05, 4.69) is 0 Å². The average Bonchev–Trinajstić information content (AvgIpc) is 2.78. The summed E-state index contributed by atoms with van der Waals surface area (Å²) < 4.78 is 10.2. The lowest BCUT2D eigenvalue weighted by molar-refractivity contribution is 0.277. The van der Waals surface area contributed by atoms with Crippen LogP contribution in [0.1, 0.15) is 29.8 Å². The zero-order chi connectivity index (χ0) is 25.9. The Bertz CT molecular complexity index is 1370. The third-order valence-corrected chi connectivity index (χ3v) is 5.76. The maximum absolute atomic E-state index is 13.3. The van der Waals surface area contributed by atoms with E-state index in [0.29, 0.717) is 29.8 Å². The third-order valence-electron chi connectivity index (χ3n) is 5.76. The molecule has 11 heteroatoms. The number of ether oxygens (including phenoxy) is 1. The number of hydrogen-bond donors (Lipinski definition) is 2. The topological polar surface area (TPSA) is 138 Å². The van der Waals surface area contributed by atoms with Crippen LogP contribution in [0.2, 0.25) is 0 Å². The Morgan fingerprint density at radius 2 is 1.11 bits per heavy atom. The van der Waals surface area contributed by atoms with E-state index < -0.39 is 22.5 Å². The highest BCUT2D eigenvalue weighted by Crippen LogP contribution is 2.29. The highest BCUT2D eigenvalue weighted by molar-refractivity contribution is 5.61. The molecule has 0 spiro atoms. The number of aryl methyl sites for hydroxylation is 3. The van der Waals surface area contributed by atoms with E-state index in [-0.39, 0.29) is 43.4 Å². The molecule has 11 nitrogen and oxygen atoms in total. The van der Waals surface area contributed by atoms with E-state index in [9.17, 15) is 29.4 Å². The maximum Gasteiger partial charge on any atom is 0.335 e. The van der Waals surface area contributed by atoms with Crippen LogP contribution in [0.5, 0.6) is 5.75 Å². The molecule has 2 N–H and O–H groups in total. The minimum Gasteiger partial charge on any atom is -0.492 e. The summed E-state index contributed by atoms with van der Waals surface area (Å²) in [4.78, 5) is 52.6. The standard InChI is InChI=1S/C24H30N4O7/c1-15-11-18(27-20(31)13-16(2)25(23(27)33)7-5-9-29)22(35-4)19(12-15)28-21(32)14-17(3)26(24(28)34)8-6-10-30/h11-14,29-30H,5-10H2,1-4H3. The van der Waals surface area contributed by atoms with Crippen LogP contribution in [-0.2, 0) is 13.1 Å². The van der Waals surface area contributed by atoms with Gasteiger partial charge in [0.1, 0.15) is 0 Å². The van der Waals surface area contributed by atoms with Crippen molar-refractivity contribution in [3.05, 3.63) is 82.9 Å². The van der Waals surface area contributed by atoms with Gasteiger partial charge in [-0.25, -0.2) is 18.7 Å². The van der Waals surface area contributed by atoms with E-state index in [1.54, 1.807) is 32.9 Å². The fourth-order valence-corrected chi connectivity index (χ4v) is 4.10. The van der Waals surface area contributed by atoms with Crippen LogP contribution in [0.3, 0.4) is 0 Å². The monoisotopic (exact) mass is 486 g/mol. The first-order valence-electron chi connectivity index (χ1n) is 11.2. The fourth-order valence-electron chi connectivity index (χ4n) is 4.10. The summed E-state index contributed by atoms with van der Waals surface area (Å²) >= 11 is 0. The SMILES string of the molecule is COc1c(-n2c(=O)cc(C)n(CCCO)c2=O)cc(C)cc1-n1c(=O)cc(C)n(CCCO)c1=O. The molecular formula is C24H30N4O7. The van der Waals surface area contributed by atoms with Gasteiger partial charge in [-0.1, -0.05) is 0 Å². The van der Waals surface area contributed by atoms with Gasteiger partial charge in [-0.3, -0.25) is 18.7 Å². The van der Waals surface area contributed by atoms with E-state index in [4.69, 9.17) is 4.74 Å². The van der Waals surface area contributed by atoms with Gasteiger partial charge in [0.25, 0.3) is 11.1 Å². The van der Waals surface area contributed by atoms with E-state index in [0.717, 1.165) is 9.13 Å². The van der Waals surface area contributed by atoms with Crippen molar-refractivity contribution in [2.24, 2.45) is 0 Å². The summed E-state index contributed by atoms with van der Waals surface area (Å²) in [7, 11) is 1.32. The second-order valence-electron chi connectivity index (χ2n) is 8.28. The van der Waals surface area contributed by atoms with Gasteiger partial charge in [0, 0.05) is 49.8 Å². The molecule has 0 aliphatic heterocycles. The summed E-state index contributed by atoms with van der Waals surface area (Å²) in [5, 5.41) is 18.4. The van der Waals surface area contributed by atoms with Gasteiger partial charge in [0.15, 0.2) is 5.75 Å². The van der Waals surface area contributed by atoms with Crippen LogP contribution in [-0.4, -0.2) is 48.8 Å². The molecule has 0 bridgehead atoms. The van der Waals surface area contributed by atoms with E-state index in [1.165, 1.54) is 28.4 Å². The van der Waals surface area contributed by atoms with Gasteiger partial charge < -0.3 is 14.9 Å². The number of hydrogen-bond acceptors (Lipinski definition) is 7. The number of methoxy groups -OCH3 is 1. The normalized spacial score (nSPS) is 11.1. The second kappa shape index (κ2) is 10.7. The summed E-state index contributed by atoms with van der Waals surface area (Å²) in [6.07, 6.45) is 0.641. The number of rotatable bonds is 9. The molecule has 3 aromatic rings. The number of aliphatic hydroxyl groups is 2. The minimum atomic E-state index is -0.630. The molecule has 188 valence electrons. The van der Waals surface area contributed by atoms with Gasteiger partial charge >= 0.3 is 11.4 Å². The van der Waals surface area contributed by atoms with E-state index >= 15 is 0 Å². The van der Waals surface area contributed by atoms with Crippen LogP contribution < -0.4 is 27.2 Å². The first-order chi connectivity index (χ1) is 16.7. The van der Waals surface area contributed by atoms with Crippen molar-refractivity contribution in [1.82, 2.24) is 18.3 Å². The Hall–Kier alpha value is -3.70. The molecule has 0 saturated carbocycles. The van der Waals surface area contributed by atoms with Crippen molar-refractivity contribution in [1.29, 1.82) is 0 Å². The average molecular weight is 487 g/mol. The van der Waals surface area contributed by atoms with Crippen molar-refractivity contribution in [2.45, 2.75) is 46.7 Å². The summed E-state index contributed by atoms with van der Waals surface area (Å²) in [5.74, 6) is 0.00382. The Morgan fingerprint density at radius 1 is 0.714 bits per heavy atom. The predicted octanol–water partition coefficient (Wildman–Crippen LogP) is 0.0105. The predicted molar refractivity (Wildman–Crippen MR) is 130 cm³/mol. The van der Waals surface area contributed by atoms with Gasteiger partial charge in [-0.05, 0) is 51.3 Å². The molecule has 0 atom stereocenters. The third kappa shape index (κ3) is 4.91. The number of aliphatic hydroxyl groups excluding tert-OH is 2. The molecule has 0 amide bonds. The van der Waals surface area contributed by atoms with Crippen molar-refractivity contribution in [3.8, 4) is 17.1 Å². The van der Waals surface area contributed by atoms with Gasteiger partial charge in [0.05, 0.1) is 18.5 Å². The smallest absolute Gasteiger partial charge is 0.335 e. The summed E-state index contributed by atoms with van der Waals surface area (Å²) in [6, 6.07) is 5.75. The van der Waals surface area contributed by atoms with Crippen molar-refractivity contribution >= 4 is 0 Å². The Labute approximate surface area is 200 Å². The molecule has 1 aromatic carbocycles. The number of benzene rings is 1. The molecule has 0 aliphatic carbocycles. The van der Waals surface area contributed by atoms with Crippen molar-refractivity contribution in [3.63, 3.8) is 0 Å². The van der Waals surface area contributed by atoms with Gasteiger partial charge in [0.2, 0.25) is 0 Å². The van der Waals surface area contributed by atoms with Crippen LogP contribution >= 0.6 is 0 Å². The molecule has 3 rings (SSSR count). The molecule has 2 aromatic heterocycles. The quantitative estimate of drug-likeness (QED) is 0.435. The molecule has 0 radical (unpaired) electrons. The molecular weight excluding hydrogens is 456 g/mol. The summed E-state index contributed by atoms with van der Waals surface area (Å²) in [6.45, 7) is 5.13. The lowest BCUT2D eigenvalue weighted by atomic mass is 10.1. The molecule has 0 unspecified atom stereocenters. The maximum atomic E-state index is 13.3. The molecule has 2 heterocycles. The van der Waals surface area contributed by atoms with Gasteiger partial charge in [-0.2, -0.15) is 0 Å². The lowest BCUT2D eigenvalue weighted by Crippen LogP contribution is -2.41. The second-order valence-corrected chi connectivity index (χ2v) is 8.28. The molecule has 0 aliphatic rings. The highest BCUT2D eigenvalue weighted by Gasteiger charge is 2.21. The zero-order valence-electron chi connectivity index (χ0n) is 20.3. The van der Waals surface area contributed by atoms with Crippen LogP contribution in [0.25, 0.3) is 11.4 Å². The largest absolute Gasteiger partial charge is 0.492 e. The summed E-state index contributed by atoms with van der Waals surface area (Å²) in [5.41, 5.74) is -0.814. The van der Waals surface area contributed by atoms with Crippen LogP contribution in [0.4, 0.5) is 0 Å². The van der Waals surface area contributed by atoms with Gasteiger partial charge in [-0.15, -0.1) is 0 Å². The lowest BCUT2D eigenvalue weighted by Gasteiger charge is -2.19. The fraction of sp³-hybridized carbons (Fsp3) is 0.417. The molecule has 0 fully saturated rings. The van der Waals surface area contributed by atoms with Crippen molar-refractivity contribution in [2.75, 3.05) is 20.3 Å². The Kier molecular flexibility index (Phi) is 7.92. The molecule has 35 heavy (non-hydrogen) atoms. The van der Waals surface area contributed by atoms with Crippen molar-refractivity contribution < 1.29 is 14.9 Å². The number of nitrogens with zero attached hydrogens (tertiary/aromatic N) is 4. The Morgan fingerprint density at radius 3 is 1.46 bits per heavy atom. The highest BCUT2D eigenvalue weighted by atomic mass is 16.5. The first kappa shape index (κ1) is 25.9. The molecule has 0 saturated heterocycles. The zero-order valence-corrected chi connectivity index (χ0v) is 20.3. The number of aromatic nitrogens is 4. The minimum absolute atomic E-state index is 0.00382. The first-order valence-corrected chi connectivity index (χ1v) is 11.2. The van der Waals surface area contributed by atoms with E-state index in [1.807, 2.05) is 0 Å². The Balaban J connectivity index is 2.39.